The lowest BCUT2D eigenvalue weighted by atomic mass is 10.1. The normalized spacial score (nSPS) is 10.4. The molecule has 0 aliphatic heterocycles. The van der Waals surface area contributed by atoms with E-state index in [4.69, 9.17) is 11.6 Å². The molecule has 0 saturated heterocycles. The van der Waals surface area contributed by atoms with Crippen LogP contribution in [0, 0.1) is 20.8 Å². The fraction of sp³-hybridized carbons (Fsp3) is 0.278. The monoisotopic (exact) mass is 316 g/mol. The van der Waals surface area contributed by atoms with Crippen LogP contribution in [0.2, 0.25) is 5.02 Å². The van der Waals surface area contributed by atoms with E-state index in [1.165, 1.54) is 5.56 Å². The third-order valence-electron chi connectivity index (χ3n) is 3.59. The predicted octanol–water partition coefficient (Wildman–Crippen LogP) is 3.99. The van der Waals surface area contributed by atoms with Crippen LogP contribution in [-0.2, 0) is 11.3 Å². The Morgan fingerprint density at radius 2 is 1.82 bits per heavy atom. The highest BCUT2D eigenvalue weighted by Gasteiger charge is 2.08. The minimum atomic E-state index is -0.0562. The molecule has 0 bridgehead atoms. The van der Waals surface area contributed by atoms with Crippen LogP contribution in [0.25, 0.3) is 0 Å². The average Bonchev–Trinajstić information content (AvgIpc) is 2.45. The molecule has 0 saturated carbocycles. The maximum atomic E-state index is 12.0. The summed E-state index contributed by atoms with van der Waals surface area (Å²) >= 11 is 6.22. The third-order valence-corrected chi connectivity index (χ3v) is 3.89. The zero-order valence-corrected chi connectivity index (χ0v) is 13.9. The molecule has 0 heterocycles. The summed E-state index contributed by atoms with van der Waals surface area (Å²) in [6, 6.07) is 12.0. The Hall–Kier alpha value is -2.00. The number of hydrogen-bond acceptors (Lipinski definition) is 2. The van der Waals surface area contributed by atoms with Gasteiger partial charge >= 0.3 is 0 Å². The van der Waals surface area contributed by atoms with Crippen molar-refractivity contribution in [1.82, 2.24) is 5.32 Å². The molecule has 2 aromatic carbocycles. The van der Waals surface area contributed by atoms with Crippen molar-refractivity contribution in [3.63, 3.8) is 0 Å². The first kappa shape index (κ1) is 16.4. The van der Waals surface area contributed by atoms with E-state index < -0.39 is 0 Å². The second kappa shape index (κ2) is 7.32. The van der Waals surface area contributed by atoms with Crippen molar-refractivity contribution in [3.8, 4) is 0 Å². The van der Waals surface area contributed by atoms with Crippen LogP contribution >= 0.6 is 11.6 Å². The van der Waals surface area contributed by atoms with E-state index in [-0.39, 0.29) is 12.5 Å². The Kier molecular flexibility index (Phi) is 5.45. The van der Waals surface area contributed by atoms with Crippen molar-refractivity contribution in [1.29, 1.82) is 0 Å². The molecular weight excluding hydrogens is 296 g/mol. The van der Waals surface area contributed by atoms with E-state index in [9.17, 15) is 4.79 Å². The van der Waals surface area contributed by atoms with Gasteiger partial charge in [0.15, 0.2) is 0 Å². The average molecular weight is 317 g/mol. The second-order valence-corrected chi connectivity index (χ2v) is 5.90. The lowest BCUT2D eigenvalue weighted by Gasteiger charge is -2.13. The molecule has 1 amide bonds. The molecule has 0 fully saturated rings. The molecule has 0 atom stereocenters. The van der Waals surface area contributed by atoms with Crippen molar-refractivity contribution in [2.45, 2.75) is 27.3 Å². The lowest BCUT2D eigenvalue weighted by Crippen LogP contribution is -2.29. The zero-order chi connectivity index (χ0) is 16.1. The van der Waals surface area contributed by atoms with Gasteiger partial charge in [-0.1, -0.05) is 41.9 Å². The zero-order valence-electron chi connectivity index (χ0n) is 13.2. The van der Waals surface area contributed by atoms with Crippen molar-refractivity contribution in [3.05, 3.63) is 63.7 Å². The summed E-state index contributed by atoms with van der Waals surface area (Å²) in [4.78, 5) is 12.0. The first-order valence-electron chi connectivity index (χ1n) is 7.29. The van der Waals surface area contributed by atoms with Crippen molar-refractivity contribution >= 4 is 23.2 Å². The number of hydrogen-bond donors (Lipinski definition) is 2. The van der Waals surface area contributed by atoms with E-state index in [0.717, 1.165) is 22.4 Å². The van der Waals surface area contributed by atoms with Crippen LogP contribution in [0.1, 0.15) is 22.3 Å². The van der Waals surface area contributed by atoms with Gasteiger partial charge in [0.05, 0.1) is 17.3 Å². The van der Waals surface area contributed by atoms with Crippen LogP contribution in [0.4, 0.5) is 5.69 Å². The summed E-state index contributed by atoms with van der Waals surface area (Å²) in [5.74, 6) is -0.0562. The van der Waals surface area contributed by atoms with Gasteiger partial charge < -0.3 is 10.6 Å². The quantitative estimate of drug-likeness (QED) is 0.875. The Balaban J connectivity index is 1.90. The molecule has 116 valence electrons. The van der Waals surface area contributed by atoms with Gasteiger partial charge in [0.25, 0.3) is 0 Å². The molecule has 4 heteroatoms. The number of nitrogens with one attached hydrogen (secondary N) is 2. The first-order chi connectivity index (χ1) is 10.5. The van der Waals surface area contributed by atoms with Crippen LogP contribution in [0.3, 0.4) is 0 Å². The number of halogens is 1. The number of benzene rings is 2. The molecule has 0 aromatic heterocycles. The number of aryl methyl sites for hydroxylation is 3. The van der Waals surface area contributed by atoms with Gasteiger partial charge in [-0.05, 0) is 49.1 Å². The van der Waals surface area contributed by atoms with Gasteiger partial charge in [0, 0.05) is 6.54 Å². The Morgan fingerprint density at radius 3 is 2.50 bits per heavy atom. The smallest absolute Gasteiger partial charge is 0.239 e. The van der Waals surface area contributed by atoms with E-state index in [1.54, 1.807) is 0 Å². The highest BCUT2D eigenvalue weighted by Crippen LogP contribution is 2.26. The summed E-state index contributed by atoms with van der Waals surface area (Å²) in [5, 5.41) is 6.67. The fourth-order valence-electron chi connectivity index (χ4n) is 2.37. The number of rotatable bonds is 5. The Bertz CT molecular complexity index is 660. The maximum absolute atomic E-state index is 12.0. The summed E-state index contributed by atoms with van der Waals surface area (Å²) in [6.45, 7) is 6.75. The summed E-state index contributed by atoms with van der Waals surface area (Å²) in [7, 11) is 0. The van der Waals surface area contributed by atoms with Gasteiger partial charge in [-0.2, -0.15) is 0 Å². The van der Waals surface area contributed by atoms with Gasteiger partial charge in [0.1, 0.15) is 0 Å². The van der Waals surface area contributed by atoms with Crippen LogP contribution in [0.5, 0.6) is 0 Å². The number of carbonyl (C=O) groups is 1. The number of anilines is 1. The molecule has 2 aromatic rings. The van der Waals surface area contributed by atoms with E-state index >= 15 is 0 Å². The molecule has 22 heavy (non-hydrogen) atoms. The minimum absolute atomic E-state index is 0.0562. The second-order valence-electron chi connectivity index (χ2n) is 5.50. The highest BCUT2D eigenvalue weighted by molar-refractivity contribution is 6.33. The van der Waals surface area contributed by atoms with Crippen LogP contribution in [-0.4, -0.2) is 12.5 Å². The highest BCUT2D eigenvalue weighted by atomic mass is 35.5. The lowest BCUT2D eigenvalue weighted by molar-refractivity contribution is -0.119. The molecule has 3 nitrogen and oxygen atoms in total. The fourth-order valence-corrected chi connectivity index (χ4v) is 2.76. The standard InChI is InChI=1S/C18H21ClN2O/c1-12-8-14(3)18(16(19)9-12)21-11-17(22)20-10-15-7-5-4-6-13(15)2/h4-9,21H,10-11H2,1-3H3,(H,20,22). The molecule has 0 unspecified atom stereocenters. The third kappa shape index (κ3) is 4.25. The van der Waals surface area contributed by atoms with Gasteiger partial charge in [-0.3, -0.25) is 4.79 Å². The van der Waals surface area contributed by atoms with Crippen molar-refractivity contribution < 1.29 is 4.79 Å². The Morgan fingerprint density at radius 1 is 1.09 bits per heavy atom. The SMILES string of the molecule is Cc1cc(C)c(NCC(=O)NCc2ccccc2C)c(Cl)c1. The largest absolute Gasteiger partial charge is 0.375 e. The van der Waals surface area contributed by atoms with E-state index in [1.807, 2.05) is 57.2 Å². The van der Waals surface area contributed by atoms with E-state index in [0.29, 0.717) is 11.6 Å². The summed E-state index contributed by atoms with van der Waals surface area (Å²) in [6.07, 6.45) is 0. The summed E-state index contributed by atoms with van der Waals surface area (Å²) in [5.41, 5.74) is 5.26. The van der Waals surface area contributed by atoms with Crippen LogP contribution in [0.15, 0.2) is 36.4 Å². The predicted molar refractivity (Wildman–Crippen MR) is 92.4 cm³/mol. The topological polar surface area (TPSA) is 41.1 Å². The summed E-state index contributed by atoms with van der Waals surface area (Å²) < 4.78 is 0. The molecule has 2 rings (SSSR count). The van der Waals surface area contributed by atoms with Gasteiger partial charge in [0.2, 0.25) is 5.91 Å². The molecular formula is C18H21ClN2O. The van der Waals surface area contributed by atoms with E-state index in [2.05, 4.69) is 10.6 Å². The molecule has 2 N–H and O–H groups in total. The number of amides is 1. The van der Waals surface area contributed by atoms with Crippen molar-refractivity contribution in [2.24, 2.45) is 0 Å². The maximum Gasteiger partial charge on any atom is 0.239 e. The Labute approximate surface area is 136 Å². The molecule has 0 radical (unpaired) electrons. The van der Waals surface area contributed by atoms with Gasteiger partial charge in [-0.15, -0.1) is 0 Å². The number of carbonyl (C=O) groups excluding carboxylic acids is 1. The van der Waals surface area contributed by atoms with Crippen LogP contribution < -0.4 is 10.6 Å². The molecule has 0 spiro atoms. The van der Waals surface area contributed by atoms with Crippen molar-refractivity contribution in [2.75, 3.05) is 11.9 Å². The first-order valence-corrected chi connectivity index (χ1v) is 7.67. The molecule has 0 aliphatic rings. The van der Waals surface area contributed by atoms with Gasteiger partial charge in [-0.25, -0.2) is 0 Å². The minimum Gasteiger partial charge on any atom is -0.375 e. The molecule has 0 aliphatic carbocycles.